The van der Waals surface area contributed by atoms with Crippen LogP contribution in [-0.4, -0.2) is 42.4 Å². The molecule has 1 unspecified atom stereocenters. The van der Waals surface area contributed by atoms with Gasteiger partial charge in [0, 0.05) is 24.7 Å². The molecule has 1 aromatic rings. The van der Waals surface area contributed by atoms with Crippen molar-refractivity contribution < 1.29 is 14.0 Å². The Labute approximate surface area is 145 Å². The Kier molecular flexibility index (Phi) is 5.36. The summed E-state index contributed by atoms with van der Waals surface area (Å²) in [6, 6.07) is 4.06. The third-order valence-corrected chi connectivity index (χ3v) is 5.01. The van der Waals surface area contributed by atoms with Gasteiger partial charge in [-0.2, -0.15) is 0 Å². The molecule has 2 fully saturated rings. The van der Waals surface area contributed by atoms with Crippen LogP contribution in [0.4, 0.5) is 10.1 Å². The minimum atomic E-state index is -0.512. The van der Waals surface area contributed by atoms with Gasteiger partial charge in [-0.25, -0.2) is 4.39 Å². The maximum atomic E-state index is 13.2. The highest BCUT2D eigenvalue weighted by Gasteiger charge is 2.31. The molecule has 2 aliphatic heterocycles. The number of nitrogens with one attached hydrogen (secondary N) is 2. The van der Waals surface area contributed by atoms with E-state index in [1.54, 1.807) is 0 Å². The molecule has 130 valence electrons. The number of hydrogen-bond donors (Lipinski definition) is 2. The minimum Gasteiger partial charge on any atom is -0.341 e. The first-order chi connectivity index (χ1) is 11.5. The van der Waals surface area contributed by atoms with Crippen LogP contribution in [0, 0.1) is 11.7 Å². The van der Waals surface area contributed by atoms with E-state index in [9.17, 15) is 14.0 Å². The molecule has 2 N–H and O–H groups in total. The fraction of sp³-hybridized carbons (Fsp3) is 0.529. The second-order valence-corrected chi connectivity index (χ2v) is 6.77. The lowest BCUT2D eigenvalue weighted by Crippen LogP contribution is -2.48. The summed E-state index contributed by atoms with van der Waals surface area (Å²) in [5, 5.41) is 5.97. The predicted molar refractivity (Wildman–Crippen MR) is 90.4 cm³/mol. The van der Waals surface area contributed by atoms with Crippen molar-refractivity contribution in [2.75, 3.05) is 25.0 Å². The maximum absolute atomic E-state index is 13.2. The summed E-state index contributed by atoms with van der Waals surface area (Å²) in [5.74, 6) is -0.614. The number of likely N-dealkylation sites (tertiary alicyclic amines) is 1. The van der Waals surface area contributed by atoms with E-state index in [0.29, 0.717) is 31.6 Å². The molecule has 0 bridgehead atoms. The molecule has 3 rings (SSSR count). The van der Waals surface area contributed by atoms with E-state index < -0.39 is 5.82 Å². The normalized spacial score (nSPS) is 21.8. The highest BCUT2D eigenvalue weighted by Crippen LogP contribution is 2.23. The number of carbonyl (C=O) groups is 2. The van der Waals surface area contributed by atoms with Crippen LogP contribution < -0.4 is 10.6 Å². The van der Waals surface area contributed by atoms with Crippen LogP contribution in [0.2, 0.25) is 5.02 Å². The molecule has 2 amide bonds. The zero-order chi connectivity index (χ0) is 17.1. The van der Waals surface area contributed by atoms with Gasteiger partial charge < -0.3 is 15.5 Å². The van der Waals surface area contributed by atoms with Crippen LogP contribution in [0.15, 0.2) is 18.2 Å². The highest BCUT2D eigenvalue weighted by atomic mass is 35.5. The number of halogens is 2. The van der Waals surface area contributed by atoms with E-state index >= 15 is 0 Å². The van der Waals surface area contributed by atoms with Gasteiger partial charge in [-0.15, -0.1) is 0 Å². The van der Waals surface area contributed by atoms with Crippen molar-refractivity contribution in [3.05, 3.63) is 29.0 Å². The molecule has 0 spiro atoms. The molecule has 1 atom stereocenters. The lowest BCUT2D eigenvalue weighted by atomic mass is 9.95. The lowest BCUT2D eigenvalue weighted by molar-refractivity contribution is -0.136. The monoisotopic (exact) mass is 353 g/mol. The first kappa shape index (κ1) is 17.2. The van der Waals surface area contributed by atoms with Crippen LogP contribution >= 0.6 is 11.6 Å². The van der Waals surface area contributed by atoms with Gasteiger partial charge >= 0.3 is 0 Å². The Morgan fingerprint density at radius 2 is 2.00 bits per heavy atom. The maximum Gasteiger partial charge on any atom is 0.239 e. The Morgan fingerprint density at radius 1 is 1.25 bits per heavy atom. The predicted octanol–water partition coefficient (Wildman–Crippen LogP) is 2.41. The van der Waals surface area contributed by atoms with Crippen LogP contribution in [0.25, 0.3) is 0 Å². The smallest absolute Gasteiger partial charge is 0.239 e. The van der Waals surface area contributed by atoms with Gasteiger partial charge in [0.25, 0.3) is 0 Å². The lowest BCUT2D eigenvalue weighted by Gasteiger charge is -2.33. The van der Waals surface area contributed by atoms with Crippen molar-refractivity contribution in [2.45, 2.75) is 31.7 Å². The summed E-state index contributed by atoms with van der Waals surface area (Å²) in [4.78, 5) is 26.5. The summed E-state index contributed by atoms with van der Waals surface area (Å²) < 4.78 is 13.2. The van der Waals surface area contributed by atoms with Crippen LogP contribution in [0.5, 0.6) is 0 Å². The molecular formula is C17H21ClFN3O2. The second kappa shape index (κ2) is 7.49. The quantitative estimate of drug-likeness (QED) is 0.877. The van der Waals surface area contributed by atoms with E-state index in [4.69, 9.17) is 11.6 Å². The average molecular weight is 354 g/mol. The Bertz CT molecular complexity index is 626. The van der Waals surface area contributed by atoms with Crippen molar-refractivity contribution in [1.29, 1.82) is 0 Å². The van der Waals surface area contributed by atoms with Crippen molar-refractivity contribution in [3.63, 3.8) is 0 Å². The third-order valence-electron chi connectivity index (χ3n) is 4.72. The van der Waals surface area contributed by atoms with Crippen molar-refractivity contribution in [2.24, 2.45) is 5.92 Å². The van der Waals surface area contributed by atoms with E-state index in [1.165, 1.54) is 18.2 Å². The molecule has 1 aromatic carbocycles. The van der Waals surface area contributed by atoms with E-state index in [0.717, 1.165) is 19.4 Å². The molecule has 0 radical (unpaired) electrons. The van der Waals surface area contributed by atoms with Gasteiger partial charge in [0.1, 0.15) is 5.82 Å². The summed E-state index contributed by atoms with van der Waals surface area (Å²) in [5.41, 5.74) is 0.486. The Balaban J connectivity index is 1.51. The SMILES string of the molecule is O=C(Nc1ccc(F)c(Cl)c1)C1CCN(C(=O)C2CCCN2)CC1. The standard InChI is InChI=1S/C17H21ClFN3O2/c18-13-10-12(3-4-14(13)19)21-16(23)11-5-8-22(9-6-11)17(24)15-2-1-7-20-15/h3-4,10-11,15,20H,1-2,5-9H2,(H,21,23). The van der Waals surface area contributed by atoms with Gasteiger partial charge in [-0.1, -0.05) is 11.6 Å². The van der Waals surface area contributed by atoms with Crippen LogP contribution in [0.1, 0.15) is 25.7 Å². The zero-order valence-corrected chi connectivity index (χ0v) is 14.1. The van der Waals surface area contributed by atoms with Crippen LogP contribution in [-0.2, 0) is 9.59 Å². The molecule has 0 saturated carbocycles. The third kappa shape index (κ3) is 3.87. The van der Waals surface area contributed by atoms with Gasteiger partial charge in [0.2, 0.25) is 11.8 Å². The number of carbonyl (C=O) groups excluding carboxylic acids is 2. The Morgan fingerprint density at radius 3 is 2.62 bits per heavy atom. The van der Waals surface area contributed by atoms with Crippen molar-refractivity contribution in [3.8, 4) is 0 Å². The second-order valence-electron chi connectivity index (χ2n) is 6.37. The summed E-state index contributed by atoms with van der Waals surface area (Å²) >= 11 is 5.72. The number of rotatable bonds is 3. The fourth-order valence-electron chi connectivity index (χ4n) is 3.30. The van der Waals surface area contributed by atoms with Crippen molar-refractivity contribution >= 4 is 29.1 Å². The molecule has 2 saturated heterocycles. The molecule has 2 aliphatic rings. The minimum absolute atomic E-state index is 0.0164. The average Bonchev–Trinajstić information content (AvgIpc) is 3.12. The number of piperidine rings is 1. The summed E-state index contributed by atoms with van der Waals surface area (Å²) in [6.45, 7) is 2.09. The molecule has 0 aromatic heterocycles. The number of anilines is 1. The van der Waals surface area contributed by atoms with Gasteiger partial charge in [-0.05, 0) is 50.4 Å². The first-order valence-corrected chi connectivity index (χ1v) is 8.70. The Hall–Kier alpha value is -1.66. The fourth-order valence-corrected chi connectivity index (χ4v) is 3.48. The van der Waals surface area contributed by atoms with Gasteiger partial charge in [-0.3, -0.25) is 9.59 Å². The highest BCUT2D eigenvalue weighted by molar-refractivity contribution is 6.31. The van der Waals surface area contributed by atoms with Crippen molar-refractivity contribution in [1.82, 2.24) is 10.2 Å². The number of amides is 2. The van der Waals surface area contributed by atoms with E-state index in [2.05, 4.69) is 10.6 Å². The zero-order valence-electron chi connectivity index (χ0n) is 13.4. The number of nitrogens with zero attached hydrogens (tertiary/aromatic N) is 1. The first-order valence-electron chi connectivity index (χ1n) is 8.32. The molecule has 0 aliphatic carbocycles. The molecular weight excluding hydrogens is 333 g/mol. The van der Waals surface area contributed by atoms with Crippen LogP contribution in [0.3, 0.4) is 0 Å². The number of benzene rings is 1. The summed E-state index contributed by atoms with van der Waals surface area (Å²) in [6.07, 6.45) is 3.21. The van der Waals surface area contributed by atoms with Gasteiger partial charge in [0.05, 0.1) is 11.1 Å². The molecule has 7 heteroatoms. The summed E-state index contributed by atoms with van der Waals surface area (Å²) in [7, 11) is 0. The molecule has 2 heterocycles. The largest absolute Gasteiger partial charge is 0.341 e. The number of hydrogen-bond acceptors (Lipinski definition) is 3. The topological polar surface area (TPSA) is 61.4 Å². The van der Waals surface area contributed by atoms with E-state index in [-0.39, 0.29) is 28.8 Å². The molecule has 24 heavy (non-hydrogen) atoms. The van der Waals surface area contributed by atoms with Gasteiger partial charge in [0.15, 0.2) is 0 Å². The molecule has 5 nitrogen and oxygen atoms in total. The van der Waals surface area contributed by atoms with E-state index in [1.807, 2.05) is 4.90 Å².